The molecule has 16 aromatic rings. The van der Waals surface area contributed by atoms with E-state index >= 15 is 0 Å². The van der Waals surface area contributed by atoms with Crippen molar-refractivity contribution in [2.45, 2.75) is 123 Å². The molecule has 52 heteroatoms. The predicted octanol–water partition coefficient (Wildman–Crippen LogP) is 16.0. The van der Waals surface area contributed by atoms with Crippen LogP contribution in [0.25, 0.3) is 86.7 Å². The zero-order valence-corrected chi connectivity index (χ0v) is 91.4. The molecule has 778 valence electrons. The minimum absolute atomic E-state index is 0. The second kappa shape index (κ2) is 49.0. The van der Waals surface area contributed by atoms with Crippen LogP contribution in [-0.4, -0.2) is 197 Å². The summed E-state index contributed by atoms with van der Waals surface area (Å²) in [4.78, 5) is 208. The molecule has 8 atom stereocenters. The highest BCUT2D eigenvalue weighted by atomic mass is 32.1. The van der Waals surface area contributed by atoms with Gasteiger partial charge in [-0.1, -0.05) is 95.8 Å². The molecule has 10 amide bonds. The van der Waals surface area contributed by atoms with E-state index in [9.17, 15) is 53.1 Å². The number of carbonyl (C=O) groups excluding carboxylic acids is 10. The van der Waals surface area contributed by atoms with Gasteiger partial charge < -0.3 is 83.1 Å². The lowest BCUT2D eigenvalue weighted by Gasteiger charge is -2.26. The number of hydrogen-bond donors (Lipinski definition) is 13. The Labute approximate surface area is 907 Å². The fourth-order valence-corrected chi connectivity index (χ4v) is 26.8. The summed E-state index contributed by atoms with van der Waals surface area (Å²) in [6.07, 6.45) is -2.28. The normalized spacial score (nSPS) is 16.8. The average molecular weight is 2250 g/mol. The first-order valence-electron chi connectivity index (χ1n) is 46.0. The van der Waals surface area contributed by atoms with Crippen LogP contribution in [0.1, 0.15) is 220 Å². The molecule has 2 aliphatic rings. The summed E-state index contributed by atoms with van der Waals surface area (Å²) in [6.45, 7) is 10.2. The molecule has 0 spiro atoms. The van der Waals surface area contributed by atoms with Crippen LogP contribution in [0.2, 0.25) is 0 Å². The van der Waals surface area contributed by atoms with Crippen LogP contribution in [0.5, 0.6) is 0 Å². The van der Waals surface area contributed by atoms with Gasteiger partial charge >= 0.3 is 0 Å². The van der Waals surface area contributed by atoms with Crippen LogP contribution in [0, 0.1) is 25.7 Å². The Hall–Kier alpha value is -13.6. The quantitative estimate of drug-likeness (QED) is 0.0357. The molecule has 0 saturated carbocycles. The number of nitrogens with zero attached hydrogens (tertiary/aromatic N) is 14. The molecule has 8 unspecified atom stereocenters. The Morgan fingerprint density at radius 3 is 1.15 bits per heavy atom. The number of anilines is 2. The Balaban J connectivity index is 0.000000212. The molecule has 20 bridgehead atoms. The fraction of sp³-hybridized carbons (Fsp3) is 0.306. The van der Waals surface area contributed by atoms with E-state index in [0.29, 0.717) is 153 Å². The number of carbonyl (C=O) groups is 10. The lowest BCUT2D eigenvalue weighted by Crippen LogP contribution is -2.41. The van der Waals surface area contributed by atoms with Gasteiger partial charge in [0.2, 0.25) is 23.6 Å². The number of thiazole rings is 12. The van der Waals surface area contributed by atoms with Crippen molar-refractivity contribution < 1.29 is 67.3 Å². The highest BCUT2D eigenvalue weighted by molar-refractivity contribution is 7.17. The number of fused-ring (bicyclic) bond motifs is 28. The number of hydrogen-bond acceptors (Lipinski definition) is 42. The highest BCUT2D eigenvalue weighted by Gasteiger charge is 2.38. The third-order valence-electron chi connectivity index (χ3n) is 23.2. The van der Waals surface area contributed by atoms with E-state index in [1.165, 1.54) is 164 Å². The number of nitrogens with one attached hydrogen (secondary N) is 12. The molecule has 14 aromatic heterocycles. The van der Waals surface area contributed by atoms with Crippen molar-refractivity contribution in [3.8, 4) is 86.7 Å². The number of ether oxygens (including phenoxy) is 3. The molecule has 40 nitrogen and oxygen atoms in total. The second-order valence-corrected chi connectivity index (χ2v) is 45.7. The SMILES string of the molecule is C.CNC(=O)CC1NC(=O)c2csc(n2)-c2ccc(-c3nc(NC)cs3)nc2-c2csc(n2)-c2csc(n2)C(C(O)c2ccccc2)NC(=O)CNC(=O)c2nc(sc2COC)C(C(C)C)NC(=O)c2nc1sc2C.CNC(=O)CC1NC(=O)c2csc(n2)-c2ccc(-c3nc(NC)cs3)nc2-c2csc(n2)-c2csc(n2)C(C(OC)c2ccccc2)NC(=O)CNC(=O)c2nc(sc2COC)C(C(C)C)NC(=O)c2nc1sc2C. The standard InChI is InChI=1S/C49H49N13O7S6.C48H47N13O7S6.CH4/c1-22(2)35-49-62-38(31(75-49)17-68-6)42(66)52-16-34(64)59-39(40(69-7)24-11-9-8-10-12-24)48-57-30(20-72-48)46-55-28(18-71-46)37-25(13-14-26(53-37)45-58-32(50-4)21-73-45)44-56-29(19-70-44)41(65)54-27(15-33(63)51-5)47-61-36(23(3)74-47)43(67)60-35;1-21(2)34-48-61-37(30(74-48)16-68-6)41(66)51-15-33(63)58-38(39(64)23-10-8-7-9-11-23)47-56-29(19-71-47)45-54-27(17-70-45)36-24(12-13-25(52-36)44-57-31(49-4)20-72-44)43-55-28(18-69-43)40(65)53-26(14-32(62)50-5)46-60-35(22(3)73-46)42(67)59-34;/h8-14,18-22,27,35,39-40,50H,15-17H2,1-7H3,(H,51,63)(H,52,66)(H,54,65)(H,59,64)(H,60,67);7-13,17-21,26,34,38-39,49,64H,14-16H2,1-6H3,(H,50,62)(H,51,66)(H,53,65)(H,58,63)(H,59,67);1H4. The maximum atomic E-state index is 14.2. The molecule has 0 radical (unpaired) electrons. The van der Waals surface area contributed by atoms with Crippen molar-refractivity contribution in [1.82, 2.24) is 123 Å². The summed E-state index contributed by atoms with van der Waals surface area (Å²) >= 11 is 15.3. The van der Waals surface area contributed by atoms with Crippen LogP contribution in [0.4, 0.5) is 11.6 Å². The van der Waals surface area contributed by atoms with E-state index in [1.807, 2.05) is 115 Å². The number of pyridine rings is 2. The zero-order valence-electron chi connectivity index (χ0n) is 81.6. The molecular weight excluding hydrogens is 2150 g/mol. The molecule has 2 aromatic carbocycles. The molecule has 16 heterocycles. The molecule has 150 heavy (non-hydrogen) atoms. The lowest BCUT2D eigenvalue weighted by molar-refractivity contribution is -0.122. The molecular formula is C98H100N26O14S12. The van der Waals surface area contributed by atoms with Crippen molar-refractivity contribution in [3.63, 3.8) is 0 Å². The number of aliphatic hydroxyl groups excluding tert-OH is 1. The van der Waals surface area contributed by atoms with Gasteiger partial charge in [0, 0.05) is 113 Å². The summed E-state index contributed by atoms with van der Waals surface area (Å²) in [5, 5.41) is 66.7. The topological polar surface area (TPSA) is 543 Å². The third-order valence-corrected chi connectivity index (χ3v) is 34.7. The van der Waals surface area contributed by atoms with E-state index < -0.39 is 109 Å². The highest BCUT2D eigenvalue weighted by Crippen LogP contribution is 2.45. The first kappa shape index (κ1) is 109. The summed E-state index contributed by atoms with van der Waals surface area (Å²) in [6, 6.07) is 20.6. The van der Waals surface area contributed by atoms with Crippen molar-refractivity contribution in [2.24, 2.45) is 11.8 Å². The number of aliphatic hydroxyl groups is 1. The largest absolute Gasteiger partial charge is 0.386 e. The maximum Gasteiger partial charge on any atom is 0.271 e. The number of amides is 10. The number of rotatable bonds is 19. The summed E-state index contributed by atoms with van der Waals surface area (Å²) in [5.74, 6) is -4.38. The van der Waals surface area contributed by atoms with Crippen molar-refractivity contribution in [3.05, 3.63) is 223 Å². The van der Waals surface area contributed by atoms with E-state index in [0.717, 1.165) is 5.56 Å². The minimum atomic E-state index is -1.24. The maximum absolute atomic E-state index is 14.2. The Bertz CT molecular complexity index is 7620. The first-order valence-corrected chi connectivity index (χ1v) is 56.3. The van der Waals surface area contributed by atoms with Gasteiger partial charge in [0.05, 0.1) is 84.5 Å². The number of aromatic nitrogens is 14. The summed E-state index contributed by atoms with van der Waals surface area (Å²) in [5.41, 5.74) is 7.06. The van der Waals surface area contributed by atoms with Gasteiger partial charge in [-0.2, -0.15) is 0 Å². The van der Waals surface area contributed by atoms with Crippen LogP contribution >= 0.6 is 136 Å². The summed E-state index contributed by atoms with van der Waals surface area (Å²) in [7, 11) is 11.1. The lowest BCUT2D eigenvalue weighted by atomic mass is 10.0. The van der Waals surface area contributed by atoms with E-state index in [-0.39, 0.29) is 91.3 Å². The number of methoxy groups -OCH3 is 3. The van der Waals surface area contributed by atoms with Gasteiger partial charge in [-0.05, 0) is 61.1 Å². The average Bonchev–Trinajstić information content (AvgIpc) is 1.62. The van der Waals surface area contributed by atoms with E-state index in [1.54, 1.807) is 75.5 Å². The number of aryl methyl sites for hydroxylation is 2. The van der Waals surface area contributed by atoms with Gasteiger partial charge in [0.25, 0.3) is 35.4 Å². The fourth-order valence-electron chi connectivity index (χ4n) is 15.7. The van der Waals surface area contributed by atoms with Gasteiger partial charge in [-0.25, -0.2) is 69.8 Å². The van der Waals surface area contributed by atoms with Crippen LogP contribution in [-0.2, 0) is 46.6 Å². The van der Waals surface area contributed by atoms with Crippen molar-refractivity contribution in [1.29, 1.82) is 0 Å². The smallest absolute Gasteiger partial charge is 0.271 e. The van der Waals surface area contributed by atoms with Gasteiger partial charge in [0.1, 0.15) is 164 Å². The molecule has 2 aliphatic heterocycles. The van der Waals surface area contributed by atoms with Gasteiger partial charge in [0.15, 0.2) is 0 Å². The van der Waals surface area contributed by atoms with E-state index in [2.05, 4.69) is 83.7 Å². The van der Waals surface area contributed by atoms with Crippen molar-refractivity contribution >= 4 is 207 Å². The van der Waals surface area contributed by atoms with Gasteiger partial charge in [-0.15, -0.1) is 136 Å². The third kappa shape index (κ3) is 24.8. The Kier molecular flexibility index (Phi) is 35.7. The monoisotopic (exact) mass is 2250 g/mol. The molecule has 0 fully saturated rings. The van der Waals surface area contributed by atoms with Crippen LogP contribution < -0.4 is 63.8 Å². The first-order chi connectivity index (χ1) is 71.9. The molecule has 0 aliphatic carbocycles. The second-order valence-electron chi connectivity index (χ2n) is 34.1. The minimum Gasteiger partial charge on any atom is -0.386 e. The van der Waals surface area contributed by atoms with Crippen LogP contribution in [0.15, 0.2) is 128 Å². The van der Waals surface area contributed by atoms with Crippen LogP contribution in [0.3, 0.4) is 0 Å². The Morgan fingerprint density at radius 2 is 0.747 bits per heavy atom. The Morgan fingerprint density at radius 1 is 0.367 bits per heavy atom. The number of benzene rings is 2. The molecule has 0 saturated heterocycles. The predicted molar refractivity (Wildman–Crippen MR) is 584 cm³/mol. The van der Waals surface area contributed by atoms with Crippen molar-refractivity contribution in [2.75, 3.05) is 73.2 Å². The van der Waals surface area contributed by atoms with Gasteiger partial charge in [-0.3, -0.25) is 47.9 Å². The summed E-state index contributed by atoms with van der Waals surface area (Å²) < 4.78 is 17.0. The van der Waals surface area contributed by atoms with E-state index in [4.69, 9.17) is 64.1 Å². The zero-order chi connectivity index (χ0) is 105. The molecule has 18 rings (SSSR count). The molecule has 13 N–H and O–H groups in total.